The van der Waals surface area contributed by atoms with Crippen molar-refractivity contribution >= 4 is 0 Å². The average molecular weight is 181 g/mol. The number of hydrogen-bond acceptors (Lipinski definition) is 1. The molecule has 76 valence electrons. The van der Waals surface area contributed by atoms with Crippen molar-refractivity contribution in [2.75, 3.05) is 13.1 Å². The summed E-state index contributed by atoms with van der Waals surface area (Å²) in [6.07, 6.45) is 5.96. The topological polar surface area (TPSA) is 3.24 Å². The Morgan fingerprint density at radius 3 is 2.46 bits per heavy atom. The van der Waals surface area contributed by atoms with Gasteiger partial charge in [0.15, 0.2) is 0 Å². The standard InChI is InChI=1S/C12H23N/c1-5-7-12(8-6-2)9-13(10-12)11(3)4/h5,11H,1,6-10H2,2-4H3. The molecule has 0 spiro atoms. The van der Waals surface area contributed by atoms with E-state index in [1.807, 2.05) is 0 Å². The summed E-state index contributed by atoms with van der Waals surface area (Å²) in [5.41, 5.74) is 0.584. The lowest BCUT2D eigenvalue weighted by molar-refractivity contribution is -0.0262. The first-order valence-corrected chi connectivity index (χ1v) is 5.48. The van der Waals surface area contributed by atoms with Gasteiger partial charge in [0.1, 0.15) is 0 Å². The predicted octanol–water partition coefficient (Wildman–Crippen LogP) is 3.07. The molecule has 1 aliphatic heterocycles. The van der Waals surface area contributed by atoms with Gasteiger partial charge < -0.3 is 0 Å². The van der Waals surface area contributed by atoms with E-state index >= 15 is 0 Å². The summed E-state index contributed by atoms with van der Waals surface area (Å²) in [6.45, 7) is 13.3. The molecule has 0 amide bonds. The van der Waals surface area contributed by atoms with Crippen LogP contribution in [0.15, 0.2) is 12.7 Å². The van der Waals surface area contributed by atoms with E-state index < -0.39 is 0 Å². The summed E-state index contributed by atoms with van der Waals surface area (Å²) in [7, 11) is 0. The summed E-state index contributed by atoms with van der Waals surface area (Å²) in [4.78, 5) is 2.55. The molecule has 1 fully saturated rings. The van der Waals surface area contributed by atoms with Crippen molar-refractivity contribution in [1.82, 2.24) is 4.90 Å². The van der Waals surface area contributed by atoms with Gasteiger partial charge in [-0.1, -0.05) is 19.4 Å². The largest absolute Gasteiger partial charge is 0.300 e. The summed E-state index contributed by atoms with van der Waals surface area (Å²) in [5, 5.41) is 0. The molecule has 13 heavy (non-hydrogen) atoms. The number of allylic oxidation sites excluding steroid dienone is 1. The van der Waals surface area contributed by atoms with Gasteiger partial charge in [-0.25, -0.2) is 0 Å². The van der Waals surface area contributed by atoms with Crippen LogP contribution in [0.4, 0.5) is 0 Å². The summed E-state index contributed by atoms with van der Waals surface area (Å²) < 4.78 is 0. The Bertz CT molecular complexity index is 166. The summed E-state index contributed by atoms with van der Waals surface area (Å²) >= 11 is 0. The zero-order valence-electron chi connectivity index (χ0n) is 9.34. The second kappa shape index (κ2) is 4.28. The van der Waals surface area contributed by atoms with Crippen LogP contribution in [-0.2, 0) is 0 Å². The van der Waals surface area contributed by atoms with Gasteiger partial charge in [0, 0.05) is 19.1 Å². The highest BCUT2D eigenvalue weighted by Crippen LogP contribution is 2.39. The Morgan fingerprint density at radius 2 is 2.08 bits per heavy atom. The fourth-order valence-corrected chi connectivity index (χ4v) is 2.41. The molecule has 0 atom stereocenters. The normalized spacial score (nSPS) is 21.5. The molecule has 0 N–H and O–H groups in total. The molecule has 0 aromatic heterocycles. The lowest BCUT2D eigenvalue weighted by Gasteiger charge is -2.52. The van der Waals surface area contributed by atoms with Crippen molar-refractivity contribution in [3.8, 4) is 0 Å². The smallest absolute Gasteiger partial charge is 0.00562 e. The Labute approximate surface area is 82.8 Å². The number of rotatable bonds is 5. The van der Waals surface area contributed by atoms with Crippen LogP contribution in [0.1, 0.15) is 40.0 Å². The minimum Gasteiger partial charge on any atom is -0.300 e. The lowest BCUT2D eigenvalue weighted by Crippen LogP contribution is -2.58. The van der Waals surface area contributed by atoms with E-state index in [1.165, 1.54) is 32.4 Å². The van der Waals surface area contributed by atoms with Gasteiger partial charge in [-0.15, -0.1) is 6.58 Å². The lowest BCUT2D eigenvalue weighted by atomic mass is 9.73. The Hall–Kier alpha value is -0.300. The molecule has 0 aromatic rings. The average Bonchev–Trinajstić information content (AvgIpc) is 1.99. The monoisotopic (exact) mass is 181 g/mol. The van der Waals surface area contributed by atoms with E-state index in [0.29, 0.717) is 5.41 Å². The first-order valence-electron chi connectivity index (χ1n) is 5.48. The molecule has 0 radical (unpaired) electrons. The Balaban J connectivity index is 2.42. The van der Waals surface area contributed by atoms with Gasteiger partial charge in [0.25, 0.3) is 0 Å². The van der Waals surface area contributed by atoms with Crippen molar-refractivity contribution in [2.24, 2.45) is 5.41 Å². The number of hydrogen-bond donors (Lipinski definition) is 0. The maximum Gasteiger partial charge on any atom is 0.00562 e. The zero-order chi connectivity index (χ0) is 9.90. The van der Waals surface area contributed by atoms with Crippen LogP contribution in [0.2, 0.25) is 0 Å². The Kier molecular flexibility index (Phi) is 3.55. The molecular weight excluding hydrogens is 158 g/mol. The SMILES string of the molecule is C=CCC1(CCC)CN(C(C)C)C1. The molecule has 0 saturated carbocycles. The van der Waals surface area contributed by atoms with Crippen LogP contribution < -0.4 is 0 Å². The van der Waals surface area contributed by atoms with Gasteiger partial charge >= 0.3 is 0 Å². The van der Waals surface area contributed by atoms with Gasteiger partial charge in [0.05, 0.1) is 0 Å². The van der Waals surface area contributed by atoms with Crippen molar-refractivity contribution in [2.45, 2.75) is 46.1 Å². The van der Waals surface area contributed by atoms with Gasteiger partial charge in [-0.3, -0.25) is 4.90 Å². The van der Waals surface area contributed by atoms with Crippen molar-refractivity contribution < 1.29 is 0 Å². The molecule has 1 saturated heterocycles. The maximum atomic E-state index is 3.86. The minimum absolute atomic E-state index is 0.584. The van der Waals surface area contributed by atoms with Crippen molar-refractivity contribution in [1.29, 1.82) is 0 Å². The van der Waals surface area contributed by atoms with Crippen LogP contribution in [0, 0.1) is 5.41 Å². The highest BCUT2D eigenvalue weighted by molar-refractivity contribution is 4.99. The van der Waals surface area contributed by atoms with E-state index in [-0.39, 0.29) is 0 Å². The van der Waals surface area contributed by atoms with E-state index in [0.717, 1.165) is 6.04 Å². The van der Waals surface area contributed by atoms with E-state index in [4.69, 9.17) is 0 Å². The third-order valence-electron chi connectivity index (χ3n) is 3.16. The van der Waals surface area contributed by atoms with E-state index in [2.05, 4.69) is 38.3 Å². The zero-order valence-corrected chi connectivity index (χ0v) is 9.34. The first-order chi connectivity index (χ1) is 6.13. The molecule has 1 aliphatic rings. The maximum absolute atomic E-state index is 3.86. The fraction of sp³-hybridized carbons (Fsp3) is 0.833. The van der Waals surface area contributed by atoms with Gasteiger partial charge in [0.2, 0.25) is 0 Å². The second-order valence-electron chi connectivity index (χ2n) is 4.74. The Morgan fingerprint density at radius 1 is 1.46 bits per heavy atom. The molecule has 0 aromatic carbocycles. The summed E-state index contributed by atoms with van der Waals surface area (Å²) in [5.74, 6) is 0. The quantitative estimate of drug-likeness (QED) is 0.589. The fourth-order valence-electron chi connectivity index (χ4n) is 2.41. The molecule has 1 heteroatoms. The van der Waals surface area contributed by atoms with Crippen LogP contribution in [-0.4, -0.2) is 24.0 Å². The van der Waals surface area contributed by atoms with Gasteiger partial charge in [-0.05, 0) is 32.1 Å². The first kappa shape index (κ1) is 10.8. The van der Waals surface area contributed by atoms with Crippen molar-refractivity contribution in [3.05, 3.63) is 12.7 Å². The van der Waals surface area contributed by atoms with Crippen LogP contribution in [0.5, 0.6) is 0 Å². The number of nitrogens with zero attached hydrogens (tertiary/aromatic N) is 1. The molecule has 0 bridgehead atoms. The van der Waals surface area contributed by atoms with E-state index in [9.17, 15) is 0 Å². The second-order valence-corrected chi connectivity index (χ2v) is 4.74. The van der Waals surface area contributed by atoms with E-state index in [1.54, 1.807) is 0 Å². The third kappa shape index (κ3) is 2.34. The highest BCUT2D eigenvalue weighted by atomic mass is 15.2. The highest BCUT2D eigenvalue weighted by Gasteiger charge is 2.41. The molecule has 1 nitrogen and oxygen atoms in total. The van der Waals surface area contributed by atoms with Crippen LogP contribution in [0.25, 0.3) is 0 Å². The number of likely N-dealkylation sites (tertiary alicyclic amines) is 1. The van der Waals surface area contributed by atoms with Crippen LogP contribution >= 0.6 is 0 Å². The molecule has 1 heterocycles. The molecule has 0 aliphatic carbocycles. The summed E-state index contributed by atoms with van der Waals surface area (Å²) in [6, 6.07) is 0.717. The van der Waals surface area contributed by atoms with Crippen molar-refractivity contribution in [3.63, 3.8) is 0 Å². The molecule has 0 unspecified atom stereocenters. The predicted molar refractivity (Wildman–Crippen MR) is 58.9 cm³/mol. The van der Waals surface area contributed by atoms with Gasteiger partial charge in [-0.2, -0.15) is 0 Å². The minimum atomic E-state index is 0.584. The third-order valence-corrected chi connectivity index (χ3v) is 3.16. The molecular formula is C12H23N. The molecule has 1 rings (SSSR count). The van der Waals surface area contributed by atoms with Crippen LogP contribution in [0.3, 0.4) is 0 Å².